The third-order valence-corrected chi connectivity index (χ3v) is 4.73. The predicted molar refractivity (Wildman–Crippen MR) is 84.2 cm³/mol. The zero-order valence-electron chi connectivity index (χ0n) is 10.7. The van der Waals surface area contributed by atoms with Gasteiger partial charge in [-0.1, -0.05) is 35.0 Å². The van der Waals surface area contributed by atoms with Gasteiger partial charge in [0.15, 0.2) is 0 Å². The van der Waals surface area contributed by atoms with Gasteiger partial charge >= 0.3 is 0 Å². The molecule has 18 heavy (non-hydrogen) atoms. The molecule has 0 aliphatic carbocycles. The van der Waals surface area contributed by atoms with Gasteiger partial charge in [-0.25, -0.2) is 0 Å². The van der Waals surface area contributed by atoms with Crippen LogP contribution in [0.4, 0.5) is 0 Å². The third-order valence-electron chi connectivity index (χ3n) is 2.88. The first kappa shape index (κ1) is 13.8. The quantitative estimate of drug-likeness (QED) is 0.793. The van der Waals surface area contributed by atoms with Gasteiger partial charge in [-0.2, -0.15) is 0 Å². The highest BCUT2D eigenvalue weighted by Gasteiger charge is 2.08. The second-order valence-electron chi connectivity index (χ2n) is 4.38. The number of halogens is 1. The standard InChI is InChI=1S/C15H18BrNS/c1-3-10-17-11(2)14-8-9-15(18-14)12-4-6-13(16)7-5-12/h4-9,11,17H,3,10H2,1-2H3. The lowest BCUT2D eigenvalue weighted by atomic mass is 10.2. The number of hydrogen-bond acceptors (Lipinski definition) is 2. The molecule has 1 unspecified atom stereocenters. The van der Waals surface area contributed by atoms with E-state index in [1.54, 1.807) is 0 Å². The van der Waals surface area contributed by atoms with Crippen molar-refractivity contribution in [3.8, 4) is 10.4 Å². The summed E-state index contributed by atoms with van der Waals surface area (Å²) in [7, 11) is 0. The van der Waals surface area contributed by atoms with E-state index >= 15 is 0 Å². The van der Waals surface area contributed by atoms with E-state index in [1.165, 1.54) is 21.7 Å². The summed E-state index contributed by atoms with van der Waals surface area (Å²) in [5.41, 5.74) is 1.29. The Balaban J connectivity index is 2.12. The maximum absolute atomic E-state index is 3.53. The molecule has 0 aliphatic heterocycles. The molecule has 0 spiro atoms. The molecule has 96 valence electrons. The van der Waals surface area contributed by atoms with E-state index in [4.69, 9.17) is 0 Å². The molecule has 0 amide bonds. The smallest absolute Gasteiger partial charge is 0.0386 e. The predicted octanol–water partition coefficient (Wildman–Crippen LogP) is 5.24. The molecule has 1 aromatic heterocycles. The molecule has 0 aliphatic rings. The summed E-state index contributed by atoms with van der Waals surface area (Å²) in [5, 5.41) is 3.53. The van der Waals surface area contributed by atoms with E-state index in [0.29, 0.717) is 6.04 Å². The van der Waals surface area contributed by atoms with Gasteiger partial charge in [-0.05, 0) is 49.7 Å². The highest BCUT2D eigenvalue weighted by Crippen LogP contribution is 2.31. The van der Waals surface area contributed by atoms with Crippen molar-refractivity contribution in [2.45, 2.75) is 26.3 Å². The van der Waals surface area contributed by atoms with Crippen LogP contribution in [0, 0.1) is 0 Å². The molecular formula is C15H18BrNS. The Labute approximate surface area is 121 Å². The van der Waals surface area contributed by atoms with E-state index in [0.717, 1.165) is 11.0 Å². The molecule has 2 aromatic rings. The van der Waals surface area contributed by atoms with Gasteiger partial charge in [0.1, 0.15) is 0 Å². The zero-order chi connectivity index (χ0) is 13.0. The topological polar surface area (TPSA) is 12.0 Å². The fourth-order valence-electron chi connectivity index (χ4n) is 1.82. The normalized spacial score (nSPS) is 12.6. The number of nitrogens with one attached hydrogen (secondary N) is 1. The van der Waals surface area contributed by atoms with Crippen LogP contribution in [-0.4, -0.2) is 6.54 Å². The lowest BCUT2D eigenvalue weighted by molar-refractivity contribution is 0.578. The Hall–Kier alpha value is -0.640. The van der Waals surface area contributed by atoms with Crippen LogP contribution in [0.25, 0.3) is 10.4 Å². The minimum Gasteiger partial charge on any atom is -0.309 e. The summed E-state index contributed by atoms with van der Waals surface area (Å²) in [6, 6.07) is 13.4. The lowest BCUT2D eigenvalue weighted by Gasteiger charge is -2.10. The average molecular weight is 324 g/mol. The van der Waals surface area contributed by atoms with Gasteiger partial charge in [0.25, 0.3) is 0 Å². The summed E-state index contributed by atoms with van der Waals surface area (Å²) in [5.74, 6) is 0. The first-order chi connectivity index (χ1) is 8.70. The summed E-state index contributed by atoms with van der Waals surface area (Å²) < 4.78 is 1.13. The van der Waals surface area contributed by atoms with Crippen molar-refractivity contribution in [1.82, 2.24) is 5.32 Å². The van der Waals surface area contributed by atoms with Crippen molar-refractivity contribution in [3.05, 3.63) is 45.7 Å². The van der Waals surface area contributed by atoms with Crippen molar-refractivity contribution in [1.29, 1.82) is 0 Å². The van der Waals surface area contributed by atoms with Crippen LogP contribution in [0.3, 0.4) is 0 Å². The molecule has 2 rings (SSSR count). The SMILES string of the molecule is CCCNC(C)c1ccc(-c2ccc(Br)cc2)s1. The molecule has 1 heterocycles. The van der Waals surface area contributed by atoms with Crippen LogP contribution in [0.5, 0.6) is 0 Å². The molecule has 1 N–H and O–H groups in total. The van der Waals surface area contributed by atoms with Gasteiger partial charge in [-0.3, -0.25) is 0 Å². The largest absolute Gasteiger partial charge is 0.309 e. The van der Waals surface area contributed by atoms with Gasteiger partial charge in [-0.15, -0.1) is 11.3 Å². The Morgan fingerprint density at radius 2 is 1.89 bits per heavy atom. The lowest BCUT2D eigenvalue weighted by Crippen LogP contribution is -2.18. The van der Waals surface area contributed by atoms with Crippen LogP contribution in [-0.2, 0) is 0 Å². The minimum absolute atomic E-state index is 0.444. The summed E-state index contributed by atoms with van der Waals surface area (Å²) in [6.07, 6.45) is 1.18. The first-order valence-electron chi connectivity index (χ1n) is 6.29. The van der Waals surface area contributed by atoms with Crippen molar-refractivity contribution in [2.75, 3.05) is 6.54 Å². The summed E-state index contributed by atoms with van der Waals surface area (Å²) >= 11 is 5.34. The molecule has 0 saturated carbocycles. The van der Waals surface area contributed by atoms with Crippen molar-refractivity contribution < 1.29 is 0 Å². The van der Waals surface area contributed by atoms with Crippen molar-refractivity contribution in [3.63, 3.8) is 0 Å². The third kappa shape index (κ3) is 3.44. The van der Waals surface area contributed by atoms with E-state index in [1.807, 2.05) is 11.3 Å². The summed E-state index contributed by atoms with van der Waals surface area (Å²) in [4.78, 5) is 2.74. The van der Waals surface area contributed by atoms with E-state index in [2.05, 4.69) is 71.5 Å². The first-order valence-corrected chi connectivity index (χ1v) is 7.90. The van der Waals surface area contributed by atoms with E-state index in [-0.39, 0.29) is 0 Å². The zero-order valence-corrected chi connectivity index (χ0v) is 13.1. The molecule has 1 aromatic carbocycles. The highest BCUT2D eigenvalue weighted by atomic mass is 79.9. The van der Waals surface area contributed by atoms with Crippen LogP contribution in [0.2, 0.25) is 0 Å². The molecule has 0 bridgehead atoms. The Bertz CT molecular complexity index is 489. The highest BCUT2D eigenvalue weighted by molar-refractivity contribution is 9.10. The molecule has 1 atom stereocenters. The fourth-order valence-corrected chi connectivity index (χ4v) is 3.12. The van der Waals surface area contributed by atoms with Gasteiger partial charge < -0.3 is 5.32 Å². The minimum atomic E-state index is 0.444. The van der Waals surface area contributed by atoms with Crippen LogP contribution < -0.4 is 5.32 Å². The van der Waals surface area contributed by atoms with Crippen LogP contribution in [0.1, 0.15) is 31.2 Å². The summed E-state index contributed by atoms with van der Waals surface area (Å²) in [6.45, 7) is 5.50. The van der Waals surface area contributed by atoms with Crippen molar-refractivity contribution in [2.24, 2.45) is 0 Å². The monoisotopic (exact) mass is 323 g/mol. The number of thiophene rings is 1. The van der Waals surface area contributed by atoms with E-state index < -0.39 is 0 Å². The van der Waals surface area contributed by atoms with E-state index in [9.17, 15) is 0 Å². The van der Waals surface area contributed by atoms with Crippen LogP contribution in [0.15, 0.2) is 40.9 Å². The molecule has 3 heteroatoms. The van der Waals surface area contributed by atoms with Crippen molar-refractivity contribution >= 4 is 27.3 Å². The molecular weight excluding hydrogens is 306 g/mol. The molecule has 0 saturated heterocycles. The fraction of sp³-hybridized carbons (Fsp3) is 0.333. The maximum atomic E-state index is 3.53. The molecule has 0 radical (unpaired) electrons. The van der Waals surface area contributed by atoms with Gasteiger partial charge in [0.05, 0.1) is 0 Å². The van der Waals surface area contributed by atoms with Gasteiger partial charge in [0.2, 0.25) is 0 Å². The Morgan fingerprint density at radius 3 is 2.56 bits per heavy atom. The average Bonchev–Trinajstić information content (AvgIpc) is 2.86. The van der Waals surface area contributed by atoms with Gasteiger partial charge in [0, 0.05) is 20.3 Å². The maximum Gasteiger partial charge on any atom is 0.0386 e. The number of hydrogen-bond donors (Lipinski definition) is 1. The second-order valence-corrected chi connectivity index (χ2v) is 6.42. The number of rotatable bonds is 5. The Kier molecular flexibility index (Phi) is 4.98. The molecule has 0 fully saturated rings. The Morgan fingerprint density at radius 1 is 1.17 bits per heavy atom. The number of benzene rings is 1. The second kappa shape index (κ2) is 6.50. The van der Waals surface area contributed by atoms with Crippen LogP contribution >= 0.6 is 27.3 Å². The molecule has 1 nitrogen and oxygen atoms in total.